The lowest BCUT2D eigenvalue weighted by Gasteiger charge is -2.12. The standard InChI is InChI=1S/C12H11F3N2/c13-12(14,15)9-3-1-2-7-8-6-16-5-4-10(8)17-11(7)9/h1-3,16-17H,4-6H2. The maximum absolute atomic E-state index is 12.8. The molecule has 1 aliphatic heterocycles. The van der Waals surface area contributed by atoms with Crippen LogP contribution in [0.5, 0.6) is 0 Å². The Hall–Kier alpha value is -1.49. The van der Waals surface area contributed by atoms with Crippen LogP contribution in [0.25, 0.3) is 10.9 Å². The van der Waals surface area contributed by atoms with Gasteiger partial charge in [0.1, 0.15) is 0 Å². The second-order valence-electron chi connectivity index (χ2n) is 4.23. The molecule has 0 saturated heterocycles. The summed E-state index contributed by atoms with van der Waals surface area (Å²) >= 11 is 0. The molecule has 0 unspecified atom stereocenters. The largest absolute Gasteiger partial charge is 0.418 e. The summed E-state index contributed by atoms with van der Waals surface area (Å²) in [5.41, 5.74) is 1.53. The van der Waals surface area contributed by atoms with Crippen LogP contribution in [0.2, 0.25) is 0 Å². The Bertz CT molecular complexity index is 569. The van der Waals surface area contributed by atoms with E-state index in [1.54, 1.807) is 6.07 Å². The molecule has 2 nitrogen and oxygen atoms in total. The van der Waals surface area contributed by atoms with Crippen molar-refractivity contribution in [3.63, 3.8) is 0 Å². The molecule has 90 valence electrons. The van der Waals surface area contributed by atoms with E-state index in [-0.39, 0.29) is 5.52 Å². The SMILES string of the molecule is FC(F)(F)c1cccc2c3c([nH]c12)CCNC3. The smallest absolute Gasteiger partial charge is 0.358 e. The Balaban J connectivity index is 2.30. The van der Waals surface area contributed by atoms with Gasteiger partial charge >= 0.3 is 6.18 Å². The van der Waals surface area contributed by atoms with Crippen LogP contribution in [0.4, 0.5) is 13.2 Å². The monoisotopic (exact) mass is 240 g/mol. The summed E-state index contributed by atoms with van der Waals surface area (Å²) in [7, 11) is 0. The number of para-hydroxylation sites is 1. The molecule has 1 aliphatic rings. The average molecular weight is 240 g/mol. The summed E-state index contributed by atoms with van der Waals surface area (Å²) in [6, 6.07) is 4.33. The minimum atomic E-state index is -4.31. The molecule has 3 rings (SSSR count). The molecule has 1 aromatic heterocycles. The fourth-order valence-corrected chi connectivity index (χ4v) is 2.41. The van der Waals surface area contributed by atoms with E-state index in [9.17, 15) is 13.2 Å². The maximum atomic E-state index is 12.8. The highest BCUT2D eigenvalue weighted by Gasteiger charge is 2.34. The van der Waals surface area contributed by atoms with Crippen LogP contribution in [0.1, 0.15) is 16.8 Å². The molecular weight excluding hydrogens is 229 g/mol. The molecule has 0 saturated carbocycles. The quantitative estimate of drug-likeness (QED) is 0.728. The van der Waals surface area contributed by atoms with E-state index in [1.807, 2.05) is 0 Å². The molecule has 0 fully saturated rings. The van der Waals surface area contributed by atoms with Crippen molar-refractivity contribution in [2.75, 3.05) is 6.54 Å². The number of halogens is 3. The van der Waals surface area contributed by atoms with Gasteiger partial charge in [0.25, 0.3) is 0 Å². The van der Waals surface area contributed by atoms with E-state index in [2.05, 4.69) is 10.3 Å². The van der Waals surface area contributed by atoms with Gasteiger partial charge in [0, 0.05) is 30.6 Å². The lowest BCUT2D eigenvalue weighted by Crippen LogP contribution is -2.22. The van der Waals surface area contributed by atoms with E-state index in [1.165, 1.54) is 6.07 Å². The summed E-state index contributed by atoms with van der Waals surface area (Å²) in [4.78, 5) is 2.93. The van der Waals surface area contributed by atoms with Crippen LogP contribution >= 0.6 is 0 Å². The molecule has 5 heteroatoms. The molecule has 2 aromatic rings. The molecule has 1 aromatic carbocycles. The van der Waals surface area contributed by atoms with E-state index in [0.717, 1.165) is 30.3 Å². The number of alkyl halides is 3. The number of benzene rings is 1. The van der Waals surface area contributed by atoms with Gasteiger partial charge < -0.3 is 10.3 Å². The third kappa shape index (κ3) is 1.61. The minimum Gasteiger partial charge on any atom is -0.358 e. The normalized spacial score (nSPS) is 16.2. The van der Waals surface area contributed by atoms with Gasteiger partial charge in [0.15, 0.2) is 0 Å². The van der Waals surface area contributed by atoms with Crippen molar-refractivity contribution in [1.82, 2.24) is 10.3 Å². The van der Waals surface area contributed by atoms with E-state index < -0.39 is 11.7 Å². The van der Waals surface area contributed by atoms with Crippen molar-refractivity contribution < 1.29 is 13.2 Å². The van der Waals surface area contributed by atoms with Gasteiger partial charge in [-0.25, -0.2) is 0 Å². The Labute approximate surface area is 95.8 Å². The summed E-state index contributed by atoms with van der Waals surface area (Å²) in [5.74, 6) is 0. The highest BCUT2D eigenvalue weighted by Crippen LogP contribution is 2.36. The third-order valence-electron chi connectivity index (χ3n) is 3.19. The van der Waals surface area contributed by atoms with Gasteiger partial charge in [-0.15, -0.1) is 0 Å². The van der Waals surface area contributed by atoms with Gasteiger partial charge in [-0.1, -0.05) is 12.1 Å². The first-order valence-corrected chi connectivity index (χ1v) is 5.48. The molecule has 17 heavy (non-hydrogen) atoms. The first-order chi connectivity index (χ1) is 8.07. The van der Waals surface area contributed by atoms with Gasteiger partial charge in [0.05, 0.1) is 11.1 Å². The van der Waals surface area contributed by atoms with Crippen LogP contribution in [0, 0.1) is 0 Å². The molecule has 2 heterocycles. The first kappa shape index (κ1) is 10.7. The number of rotatable bonds is 0. The van der Waals surface area contributed by atoms with Gasteiger partial charge in [-0.05, 0) is 11.6 Å². The van der Waals surface area contributed by atoms with E-state index in [0.29, 0.717) is 11.9 Å². The minimum absolute atomic E-state index is 0.216. The Kier molecular flexibility index (Phi) is 2.19. The van der Waals surface area contributed by atoms with Crippen LogP contribution in [0.15, 0.2) is 18.2 Å². The Morgan fingerprint density at radius 2 is 2.00 bits per heavy atom. The molecule has 0 radical (unpaired) electrons. The fraction of sp³-hybridized carbons (Fsp3) is 0.333. The fourth-order valence-electron chi connectivity index (χ4n) is 2.41. The second-order valence-corrected chi connectivity index (χ2v) is 4.23. The molecule has 0 bridgehead atoms. The number of hydrogen-bond acceptors (Lipinski definition) is 1. The van der Waals surface area contributed by atoms with Gasteiger partial charge in [0.2, 0.25) is 0 Å². The van der Waals surface area contributed by atoms with Crippen LogP contribution in [0.3, 0.4) is 0 Å². The predicted octanol–water partition coefficient (Wildman–Crippen LogP) is 2.83. The maximum Gasteiger partial charge on any atom is 0.418 e. The van der Waals surface area contributed by atoms with Crippen LogP contribution in [-0.2, 0) is 19.1 Å². The zero-order valence-corrected chi connectivity index (χ0v) is 8.99. The highest BCUT2D eigenvalue weighted by atomic mass is 19.4. The van der Waals surface area contributed by atoms with Crippen molar-refractivity contribution in [3.05, 3.63) is 35.0 Å². The lowest BCUT2D eigenvalue weighted by molar-refractivity contribution is -0.136. The number of aromatic amines is 1. The van der Waals surface area contributed by atoms with Crippen molar-refractivity contribution in [3.8, 4) is 0 Å². The molecule has 0 amide bonds. The van der Waals surface area contributed by atoms with Crippen molar-refractivity contribution in [1.29, 1.82) is 0 Å². The van der Waals surface area contributed by atoms with E-state index in [4.69, 9.17) is 0 Å². The third-order valence-corrected chi connectivity index (χ3v) is 3.19. The lowest BCUT2D eigenvalue weighted by atomic mass is 10.0. The zero-order chi connectivity index (χ0) is 12.0. The second kappa shape index (κ2) is 3.50. The topological polar surface area (TPSA) is 27.8 Å². The van der Waals surface area contributed by atoms with Crippen molar-refractivity contribution in [2.45, 2.75) is 19.1 Å². The number of fused-ring (bicyclic) bond motifs is 3. The van der Waals surface area contributed by atoms with Crippen LogP contribution < -0.4 is 5.32 Å². The summed E-state index contributed by atoms with van der Waals surface area (Å²) in [5, 5.41) is 3.86. The number of aromatic nitrogens is 1. The summed E-state index contributed by atoms with van der Waals surface area (Å²) in [6.07, 6.45) is -3.55. The first-order valence-electron chi connectivity index (χ1n) is 5.48. The number of hydrogen-bond donors (Lipinski definition) is 2. The van der Waals surface area contributed by atoms with Gasteiger partial charge in [-0.2, -0.15) is 13.2 Å². The Morgan fingerprint density at radius 3 is 2.76 bits per heavy atom. The zero-order valence-electron chi connectivity index (χ0n) is 8.99. The van der Waals surface area contributed by atoms with Crippen molar-refractivity contribution >= 4 is 10.9 Å². The molecule has 0 atom stereocenters. The average Bonchev–Trinajstić information content (AvgIpc) is 2.65. The molecule has 0 aliphatic carbocycles. The predicted molar refractivity (Wildman–Crippen MR) is 58.7 cm³/mol. The summed E-state index contributed by atoms with van der Waals surface area (Å²) in [6.45, 7) is 1.44. The molecule has 0 spiro atoms. The van der Waals surface area contributed by atoms with Crippen molar-refractivity contribution in [2.24, 2.45) is 0 Å². The Morgan fingerprint density at radius 1 is 1.18 bits per heavy atom. The summed E-state index contributed by atoms with van der Waals surface area (Å²) < 4.78 is 38.5. The van der Waals surface area contributed by atoms with Crippen LogP contribution in [-0.4, -0.2) is 11.5 Å². The molecule has 2 N–H and O–H groups in total. The van der Waals surface area contributed by atoms with Gasteiger partial charge in [-0.3, -0.25) is 0 Å². The highest BCUT2D eigenvalue weighted by molar-refractivity contribution is 5.88. The van der Waals surface area contributed by atoms with E-state index >= 15 is 0 Å². The molecular formula is C12H11F3N2. The number of H-pyrrole nitrogens is 1. The number of nitrogens with one attached hydrogen (secondary N) is 2.